The topological polar surface area (TPSA) is 83.7 Å². The minimum atomic E-state index is -0.512. The standard InChI is InChI=1S/C25H35N3O3/c1-24(2,3)18-10-12-25(13-11-18,15-21(29)27-14-6-9-20(27)22(26)30)28-16-17-7-4-5-8-19(17)23(28)31/h4-5,7-8,18,20H,6,9-16H2,1-3H3,(H2,26,30)/t18?,20-,25?/m1/s1. The molecule has 31 heavy (non-hydrogen) atoms. The summed E-state index contributed by atoms with van der Waals surface area (Å²) in [5.74, 6) is 0.131. The van der Waals surface area contributed by atoms with Crippen LogP contribution in [0.4, 0.5) is 0 Å². The Labute approximate surface area is 185 Å². The summed E-state index contributed by atoms with van der Waals surface area (Å²) in [6.07, 6.45) is 5.32. The molecule has 3 amide bonds. The van der Waals surface area contributed by atoms with E-state index in [-0.39, 0.29) is 23.7 Å². The van der Waals surface area contributed by atoms with Crippen LogP contribution in [0.25, 0.3) is 0 Å². The van der Waals surface area contributed by atoms with Crippen LogP contribution < -0.4 is 5.73 Å². The van der Waals surface area contributed by atoms with E-state index in [9.17, 15) is 14.4 Å². The summed E-state index contributed by atoms with van der Waals surface area (Å²) in [7, 11) is 0. The summed E-state index contributed by atoms with van der Waals surface area (Å²) < 4.78 is 0. The molecule has 1 saturated heterocycles. The summed E-state index contributed by atoms with van der Waals surface area (Å²) in [5.41, 5.74) is 7.06. The third-order valence-electron chi connectivity index (χ3n) is 7.92. The van der Waals surface area contributed by atoms with Gasteiger partial charge < -0.3 is 15.5 Å². The molecule has 1 aromatic rings. The highest BCUT2D eigenvalue weighted by Gasteiger charge is 2.49. The molecular formula is C25H35N3O3. The monoisotopic (exact) mass is 425 g/mol. The first kappa shape index (κ1) is 21.8. The molecule has 0 spiro atoms. The van der Waals surface area contributed by atoms with Crippen molar-refractivity contribution in [2.45, 2.75) is 83.8 Å². The number of amides is 3. The van der Waals surface area contributed by atoms with Gasteiger partial charge in [-0.15, -0.1) is 0 Å². The zero-order valence-electron chi connectivity index (χ0n) is 19.0. The zero-order valence-corrected chi connectivity index (χ0v) is 19.0. The summed E-state index contributed by atoms with van der Waals surface area (Å²) in [4.78, 5) is 42.3. The first-order valence-corrected chi connectivity index (χ1v) is 11.6. The highest BCUT2D eigenvalue weighted by Crippen LogP contribution is 2.47. The van der Waals surface area contributed by atoms with Crippen LogP contribution in [0.3, 0.4) is 0 Å². The van der Waals surface area contributed by atoms with Gasteiger partial charge >= 0.3 is 0 Å². The van der Waals surface area contributed by atoms with Gasteiger partial charge in [0.05, 0.1) is 12.0 Å². The smallest absolute Gasteiger partial charge is 0.254 e. The lowest BCUT2D eigenvalue weighted by Gasteiger charge is -2.49. The van der Waals surface area contributed by atoms with Crippen LogP contribution in [0.1, 0.15) is 81.6 Å². The zero-order chi connectivity index (χ0) is 22.4. The number of nitrogens with two attached hydrogens (primary N) is 1. The highest BCUT2D eigenvalue weighted by atomic mass is 16.2. The van der Waals surface area contributed by atoms with Gasteiger partial charge in [-0.05, 0) is 61.5 Å². The van der Waals surface area contributed by atoms with Crippen LogP contribution in [0.15, 0.2) is 24.3 Å². The first-order valence-electron chi connectivity index (χ1n) is 11.6. The lowest BCUT2D eigenvalue weighted by molar-refractivity contribution is -0.140. The number of carbonyl (C=O) groups excluding carboxylic acids is 3. The van der Waals surface area contributed by atoms with Crippen molar-refractivity contribution in [3.05, 3.63) is 35.4 Å². The lowest BCUT2D eigenvalue weighted by Crippen LogP contribution is -2.55. The molecule has 1 atom stereocenters. The fourth-order valence-electron chi connectivity index (χ4n) is 5.94. The number of rotatable bonds is 4. The van der Waals surface area contributed by atoms with Crippen molar-refractivity contribution in [1.82, 2.24) is 9.80 Å². The van der Waals surface area contributed by atoms with Gasteiger partial charge in [-0.25, -0.2) is 0 Å². The Bertz CT molecular complexity index is 880. The highest BCUT2D eigenvalue weighted by molar-refractivity contribution is 5.99. The average Bonchev–Trinajstić information content (AvgIpc) is 3.34. The number of hydrogen-bond donors (Lipinski definition) is 1. The van der Waals surface area contributed by atoms with E-state index in [0.717, 1.165) is 43.2 Å². The first-order chi connectivity index (χ1) is 14.6. The van der Waals surface area contributed by atoms with Crippen molar-refractivity contribution in [3.8, 4) is 0 Å². The molecule has 3 aliphatic rings. The number of likely N-dealkylation sites (tertiary alicyclic amines) is 1. The predicted octanol–water partition coefficient (Wildman–Crippen LogP) is 3.48. The van der Waals surface area contributed by atoms with Gasteiger partial charge in [-0.3, -0.25) is 14.4 Å². The minimum Gasteiger partial charge on any atom is -0.368 e. The van der Waals surface area contributed by atoms with Gasteiger partial charge in [0.15, 0.2) is 0 Å². The maximum atomic E-state index is 13.4. The molecule has 1 aromatic carbocycles. The predicted molar refractivity (Wildman–Crippen MR) is 119 cm³/mol. The third-order valence-corrected chi connectivity index (χ3v) is 7.92. The molecule has 0 aromatic heterocycles. The van der Waals surface area contributed by atoms with Crippen molar-refractivity contribution in [2.24, 2.45) is 17.1 Å². The van der Waals surface area contributed by atoms with E-state index in [1.165, 1.54) is 0 Å². The fraction of sp³-hybridized carbons (Fsp3) is 0.640. The van der Waals surface area contributed by atoms with Gasteiger partial charge in [0, 0.05) is 18.7 Å². The largest absolute Gasteiger partial charge is 0.368 e. The Morgan fingerprint density at radius 3 is 2.42 bits per heavy atom. The number of hydrogen-bond acceptors (Lipinski definition) is 3. The molecule has 1 saturated carbocycles. The van der Waals surface area contributed by atoms with Gasteiger partial charge in [-0.2, -0.15) is 0 Å². The molecule has 4 rings (SSSR count). The summed E-state index contributed by atoms with van der Waals surface area (Å²) in [6.45, 7) is 7.94. The number of fused-ring (bicyclic) bond motifs is 1. The van der Waals surface area contributed by atoms with Crippen LogP contribution in [0, 0.1) is 11.3 Å². The van der Waals surface area contributed by atoms with Crippen molar-refractivity contribution in [2.75, 3.05) is 6.54 Å². The van der Waals surface area contributed by atoms with Crippen molar-refractivity contribution in [3.63, 3.8) is 0 Å². The number of primary amides is 1. The fourth-order valence-corrected chi connectivity index (χ4v) is 5.94. The SMILES string of the molecule is CC(C)(C)C1CCC(CC(=O)N2CCC[C@@H]2C(N)=O)(N2Cc3ccccc3C2=O)CC1. The molecule has 168 valence electrons. The quantitative estimate of drug-likeness (QED) is 0.801. The molecule has 6 nitrogen and oxygen atoms in total. The molecule has 2 heterocycles. The van der Waals surface area contributed by atoms with Gasteiger partial charge in [0.1, 0.15) is 6.04 Å². The molecule has 2 N–H and O–H groups in total. The van der Waals surface area contributed by atoms with Crippen LogP contribution in [0.5, 0.6) is 0 Å². The lowest BCUT2D eigenvalue weighted by atomic mass is 9.66. The molecule has 0 unspecified atom stereocenters. The average molecular weight is 426 g/mol. The number of benzene rings is 1. The Kier molecular flexibility index (Phi) is 5.61. The Balaban J connectivity index is 1.61. The van der Waals surface area contributed by atoms with Crippen molar-refractivity contribution >= 4 is 17.7 Å². The van der Waals surface area contributed by atoms with Gasteiger partial charge in [-0.1, -0.05) is 39.0 Å². The van der Waals surface area contributed by atoms with E-state index in [1.807, 2.05) is 29.2 Å². The maximum Gasteiger partial charge on any atom is 0.254 e. The van der Waals surface area contributed by atoms with Crippen LogP contribution in [-0.2, 0) is 16.1 Å². The third kappa shape index (κ3) is 3.97. The van der Waals surface area contributed by atoms with E-state index in [1.54, 1.807) is 4.90 Å². The van der Waals surface area contributed by atoms with E-state index < -0.39 is 17.5 Å². The summed E-state index contributed by atoms with van der Waals surface area (Å²) >= 11 is 0. The molecule has 6 heteroatoms. The van der Waals surface area contributed by atoms with Crippen LogP contribution in [0.2, 0.25) is 0 Å². The summed E-state index contributed by atoms with van der Waals surface area (Å²) in [5, 5.41) is 0. The second kappa shape index (κ2) is 7.95. The molecule has 1 aliphatic carbocycles. The van der Waals surface area contributed by atoms with Gasteiger partial charge in [0.2, 0.25) is 11.8 Å². The minimum absolute atomic E-state index is 0.0329. The van der Waals surface area contributed by atoms with E-state index in [0.29, 0.717) is 25.4 Å². The maximum absolute atomic E-state index is 13.4. The second-order valence-electron chi connectivity index (χ2n) is 10.7. The normalized spacial score (nSPS) is 28.7. The van der Waals surface area contributed by atoms with Crippen LogP contribution >= 0.6 is 0 Å². The molecule has 0 bridgehead atoms. The summed E-state index contributed by atoms with van der Waals surface area (Å²) in [6, 6.07) is 7.24. The molecule has 0 radical (unpaired) electrons. The number of nitrogens with zero attached hydrogens (tertiary/aromatic N) is 2. The van der Waals surface area contributed by atoms with E-state index >= 15 is 0 Å². The van der Waals surface area contributed by atoms with Crippen molar-refractivity contribution < 1.29 is 14.4 Å². The van der Waals surface area contributed by atoms with E-state index in [2.05, 4.69) is 20.8 Å². The molecule has 2 fully saturated rings. The second-order valence-corrected chi connectivity index (χ2v) is 10.7. The van der Waals surface area contributed by atoms with Crippen LogP contribution in [-0.4, -0.2) is 45.6 Å². The Hall–Kier alpha value is -2.37. The van der Waals surface area contributed by atoms with E-state index in [4.69, 9.17) is 5.73 Å². The molecular weight excluding hydrogens is 390 g/mol. The Morgan fingerprint density at radius 1 is 1.13 bits per heavy atom. The van der Waals surface area contributed by atoms with Gasteiger partial charge in [0.25, 0.3) is 5.91 Å². The Morgan fingerprint density at radius 2 is 1.81 bits per heavy atom. The molecule has 2 aliphatic heterocycles. The van der Waals surface area contributed by atoms with Crippen molar-refractivity contribution in [1.29, 1.82) is 0 Å². The number of carbonyl (C=O) groups is 3.